The van der Waals surface area contributed by atoms with E-state index in [4.69, 9.17) is 9.47 Å². The Balaban J connectivity index is 1.36. The van der Waals surface area contributed by atoms with Crippen molar-refractivity contribution in [2.45, 2.75) is 19.4 Å². The molecule has 0 fully saturated rings. The zero-order valence-corrected chi connectivity index (χ0v) is 18.7. The van der Waals surface area contributed by atoms with Gasteiger partial charge in [-0.15, -0.1) is 0 Å². The second-order valence-electron chi connectivity index (χ2n) is 7.94. The van der Waals surface area contributed by atoms with Crippen LogP contribution in [0.1, 0.15) is 13.8 Å². The summed E-state index contributed by atoms with van der Waals surface area (Å²) >= 11 is 0. The molecule has 5 rings (SSSR count). The maximum absolute atomic E-state index is 14.4. The van der Waals surface area contributed by atoms with E-state index in [-0.39, 0.29) is 35.0 Å². The van der Waals surface area contributed by atoms with Crippen LogP contribution < -0.4 is 30.1 Å². The molecule has 2 aliphatic rings. The summed E-state index contributed by atoms with van der Waals surface area (Å²) in [5.74, 6) is -0.525. The summed E-state index contributed by atoms with van der Waals surface area (Å²) in [6.07, 6.45) is 0.966. The molecule has 1 amide bonds. The van der Waals surface area contributed by atoms with Crippen molar-refractivity contribution < 1.29 is 27.1 Å². The van der Waals surface area contributed by atoms with Gasteiger partial charge in [-0.3, -0.25) is 9.52 Å². The highest BCUT2D eigenvalue weighted by molar-refractivity contribution is 7.92. The fraction of sp³-hybridized carbons (Fsp3) is 0.200. The van der Waals surface area contributed by atoms with Gasteiger partial charge < -0.3 is 25.4 Å². The Hall–Kier alpha value is -4.20. The molecule has 12 nitrogen and oxygen atoms in total. The number of rotatable bonds is 4. The lowest BCUT2D eigenvalue weighted by atomic mass is 10.1. The molecule has 34 heavy (non-hydrogen) atoms. The van der Waals surface area contributed by atoms with E-state index in [1.807, 2.05) is 0 Å². The number of fused-ring (bicyclic) bond motifs is 2. The van der Waals surface area contributed by atoms with Crippen LogP contribution in [0.4, 0.5) is 39.2 Å². The van der Waals surface area contributed by atoms with Crippen LogP contribution in [0, 0.1) is 5.82 Å². The number of ether oxygens (including phenoxy) is 2. The van der Waals surface area contributed by atoms with Gasteiger partial charge in [-0.1, -0.05) is 0 Å². The van der Waals surface area contributed by atoms with Gasteiger partial charge in [-0.05, 0) is 44.2 Å². The molecular weight excluding hydrogens is 469 g/mol. The van der Waals surface area contributed by atoms with Crippen LogP contribution in [0.15, 0.2) is 36.5 Å². The quantitative estimate of drug-likeness (QED) is 0.431. The topological polar surface area (TPSA) is 156 Å². The molecule has 4 N–H and O–H groups in total. The molecule has 1 aromatic carbocycles. The van der Waals surface area contributed by atoms with Gasteiger partial charge in [0.25, 0.3) is 15.9 Å². The minimum absolute atomic E-state index is 0.0415. The first-order valence-electron chi connectivity index (χ1n) is 9.93. The van der Waals surface area contributed by atoms with Crippen molar-refractivity contribution >= 4 is 50.7 Å². The van der Waals surface area contributed by atoms with Crippen molar-refractivity contribution in [3.8, 4) is 11.5 Å². The van der Waals surface area contributed by atoms with Gasteiger partial charge >= 0.3 is 0 Å². The van der Waals surface area contributed by atoms with Gasteiger partial charge in [0, 0.05) is 5.69 Å². The predicted octanol–water partition coefficient (Wildman–Crippen LogP) is 2.70. The third-order valence-electron chi connectivity index (χ3n) is 4.86. The molecule has 4 heterocycles. The van der Waals surface area contributed by atoms with Crippen LogP contribution in [-0.4, -0.2) is 40.8 Å². The Bertz CT molecular complexity index is 1430. The fourth-order valence-electron chi connectivity index (χ4n) is 3.18. The number of carbonyl (C=O) groups is 1. The van der Waals surface area contributed by atoms with Crippen molar-refractivity contribution in [3.05, 3.63) is 42.3 Å². The largest absolute Gasteiger partial charge is 0.474 e. The highest BCUT2D eigenvalue weighted by Gasteiger charge is 2.36. The molecule has 0 aliphatic carbocycles. The van der Waals surface area contributed by atoms with Crippen LogP contribution in [0.2, 0.25) is 0 Å². The third-order valence-corrected chi connectivity index (χ3v) is 5.82. The number of sulfonamides is 1. The van der Waals surface area contributed by atoms with Crippen LogP contribution in [0.5, 0.6) is 11.5 Å². The van der Waals surface area contributed by atoms with Crippen molar-refractivity contribution in [1.29, 1.82) is 0 Å². The summed E-state index contributed by atoms with van der Waals surface area (Å²) in [5, 5.41) is 8.28. The molecule has 0 saturated heterocycles. The zero-order chi connectivity index (χ0) is 24.1. The standard InChI is InChI=1S/C20H18FN7O5S/c1-20(2)18(29)26-17-14(33-20)5-6-15(25-17)24-16-11(21)8-22-19(27-16)23-10-3-4-13-12(7-10)28-34(30,31)9-32-13/h3-8,28H,9H2,1-2H3,(H3,22,23,24,25,26,27,29). The first kappa shape index (κ1) is 21.6. The monoisotopic (exact) mass is 487 g/mol. The maximum atomic E-state index is 14.4. The molecule has 0 radical (unpaired) electrons. The molecule has 0 bridgehead atoms. The van der Waals surface area contributed by atoms with E-state index in [1.54, 1.807) is 38.1 Å². The first-order chi connectivity index (χ1) is 16.1. The normalized spacial score (nSPS) is 17.1. The second kappa shape index (κ2) is 7.69. The van der Waals surface area contributed by atoms with Crippen molar-refractivity contribution in [2.24, 2.45) is 0 Å². The lowest BCUT2D eigenvalue weighted by Crippen LogP contribution is -2.46. The number of amides is 1. The third kappa shape index (κ3) is 4.22. The van der Waals surface area contributed by atoms with Crippen molar-refractivity contribution in [3.63, 3.8) is 0 Å². The van der Waals surface area contributed by atoms with Gasteiger partial charge in [0.15, 0.2) is 28.8 Å². The molecule has 0 saturated carbocycles. The Morgan fingerprint density at radius 3 is 2.74 bits per heavy atom. The van der Waals surface area contributed by atoms with Crippen LogP contribution >= 0.6 is 0 Å². The summed E-state index contributed by atoms with van der Waals surface area (Å²) in [4.78, 5) is 24.4. The number of pyridine rings is 1. The van der Waals surface area contributed by atoms with Crippen LogP contribution in [0.3, 0.4) is 0 Å². The number of hydrogen-bond donors (Lipinski definition) is 4. The van der Waals surface area contributed by atoms with Crippen molar-refractivity contribution in [2.75, 3.05) is 26.6 Å². The molecule has 0 atom stereocenters. The number of benzene rings is 1. The van der Waals surface area contributed by atoms with Gasteiger partial charge in [0.05, 0.1) is 11.9 Å². The van der Waals surface area contributed by atoms with Gasteiger partial charge in [0.2, 0.25) is 11.9 Å². The number of nitrogens with one attached hydrogen (secondary N) is 4. The zero-order valence-electron chi connectivity index (χ0n) is 17.8. The van der Waals surface area contributed by atoms with Gasteiger partial charge in [0.1, 0.15) is 11.6 Å². The molecule has 176 valence electrons. The lowest BCUT2D eigenvalue weighted by Gasteiger charge is -2.30. The van der Waals surface area contributed by atoms with E-state index < -0.39 is 27.4 Å². The Morgan fingerprint density at radius 1 is 1.12 bits per heavy atom. The Labute approximate surface area is 193 Å². The van der Waals surface area contributed by atoms with Crippen LogP contribution in [0.25, 0.3) is 0 Å². The SMILES string of the molecule is CC1(C)Oc2ccc(Nc3nc(Nc4ccc5c(c4)NS(=O)(=O)CO5)ncc3F)nc2NC1=O. The first-order valence-corrected chi connectivity index (χ1v) is 11.6. The molecule has 2 aromatic heterocycles. The highest BCUT2D eigenvalue weighted by Crippen LogP contribution is 2.34. The number of aromatic nitrogens is 3. The molecule has 0 unspecified atom stereocenters. The van der Waals surface area contributed by atoms with E-state index >= 15 is 0 Å². The molecular formula is C20H18FN7O5S. The minimum Gasteiger partial charge on any atom is -0.474 e. The van der Waals surface area contributed by atoms with E-state index in [2.05, 4.69) is 35.6 Å². The van der Waals surface area contributed by atoms with E-state index in [9.17, 15) is 17.6 Å². The molecule has 3 aromatic rings. The summed E-state index contributed by atoms with van der Waals surface area (Å²) in [6, 6.07) is 7.86. The lowest BCUT2D eigenvalue weighted by molar-refractivity contribution is -0.129. The number of nitrogens with zero attached hydrogens (tertiary/aromatic N) is 3. The number of halogens is 1. The van der Waals surface area contributed by atoms with Crippen molar-refractivity contribution in [1.82, 2.24) is 15.0 Å². The molecule has 14 heteroatoms. The van der Waals surface area contributed by atoms with Crippen LogP contribution in [-0.2, 0) is 14.8 Å². The summed E-state index contributed by atoms with van der Waals surface area (Å²) in [6.45, 7) is 3.26. The number of anilines is 6. The van der Waals surface area contributed by atoms with Gasteiger partial charge in [-0.2, -0.15) is 4.98 Å². The second-order valence-corrected chi connectivity index (χ2v) is 9.61. The summed E-state index contributed by atoms with van der Waals surface area (Å²) in [5.41, 5.74) is -0.341. The smallest absolute Gasteiger partial charge is 0.269 e. The number of carbonyl (C=O) groups excluding carboxylic acids is 1. The van der Waals surface area contributed by atoms with E-state index in [0.717, 1.165) is 6.20 Å². The average Bonchev–Trinajstić information content (AvgIpc) is 2.76. The molecule has 0 spiro atoms. The predicted molar refractivity (Wildman–Crippen MR) is 121 cm³/mol. The Morgan fingerprint density at radius 2 is 1.91 bits per heavy atom. The average molecular weight is 487 g/mol. The summed E-state index contributed by atoms with van der Waals surface area (Å²) < 4.78 is 51.0. The Kier molecular flexibility index (Phi) is 4.89. The minimum atomic E-state index is -3.58. The summed E-state index contributed by atoms with van der Waals surface area (Å²) in [7, 11) is -3.58. The number of hydrogen-bond acceptors (Lipinski definition) is 10. The van der Waals surface area contributed by atoms with E-state index in [1.165, 1.54) is 6.07 Å². The molecule has 2 aliphatic heterocycles. The highest BCUT2D eigenvalue weighted by atomic mass is 32.2. The van der Waals surface area contributed by atoms with Gasteiger partial charge in [-0.25, -0.2) is 22.8 Å². The maximum Gasteiger partial charge on any atom is 0.269 e. The van der Waals surface area contributed by atoms with E-state index in [0.29, 0.717) is 17.2 Å². The fourth-order valence-corrected chi connectivity index (χ4v) is 4.02.